The van der Waals surface area contributed by atoms with Crippen LogP contribution >= 0.6 is 15.9 Å². The van der Waals surface area contributed by atoms with Crippen molar-refractivity contribution in [2.75, 3.05) is 0 Å². The fourth-order valence-corrected chi connectivity index (χ4v) is 1.22. The zero-order chi connectivity index (χ0) is 10.7. The van der Waals surface area contributed by atoms with Crippen molar-refractivity contribution in [3.8, 4) is 0 Å². The highest BCUT2D eigenvalue weighted by Crippen LogP contribution is 2.17. The Morgan fingerprint density at radius 2 is 2.21 bits per heavy atom. The number of halogens is 2. The van der Waals surface area contributed by atoms with Crippen LogP contribution in [-0.2, 0) is 11.2 Å². The molecular formula is C9H8BrFO3. The molecular weight excluding hydrogens is 255 g/mol. The third kappa shape index (κ3) is 2.78. The standard InChI is InChI=1S/C9H8BrFO3/c10-6-2-1-5(3-7(6)11)4-8(12)9(13)14/h1-3,8,12H,4H2,(H,13,14). The summed E-state index contributed by atoms with van der Waals surface area (Å²) in [5.41, 5.74) is 0.445. The van der Waals surface area contributed by atoms with E-state index in [1.807, 2.05) is 0 Å². The quantitative estimate of drug-likeness (QED) is 0.870. The van der Waals surface area contributed by atoms with E-state index in [9.17, 15) is 9.18 Å². The number of aliphatic hydroxyl groups is 1. The fraction of sp³-hybridized carbons (Fsp3) is 0.222. The van der Waals surface area contributed by atoms with Crippen LogP contribution in [0.25, 0.3) is 0 Å². The molecule has 0 spiro atoms. The van der Waals surface area contributed by atoms with Gasteiger partial charge in [-0.3, -0.25) is 0 Å². The van der Waals surface area contributed by atoms with Crippen LogP contribution in [0.4, 0.5) is 4.39 Å². The van der Waals surface area contributed by atoms with Crippen LogP contribution in [0.15, 0.2) is 22.7 Å². The van der Waals surface area contributed by atoms with E-state index in [2.05, 4.69) is 15.9 Å². The van der Waals surface area contributed by atoms with Gasteiger partial charge >= 0.3 is 5.97 Å². The number of hydrogen-bond acceptors (Lipinski definition) is 2. The Kier molecular flexibility index (Phi) is 3.60. The molecule has 5 heteroatoms. The van der Waals surface area contributed by atoms with Gasteiger partial charge in [-0.15, -0.1) is 0 Å². The van der Waals surface area contributed by atoms with E-state index in [1.165, 1.54) is 12.1 Å². The van der Waals surface area contributed by atoms with Crippen LogP contribution in [0.1, 0.15) is 5.56 Å². The molecule has 0 amide bonds. The number of rotatable bonds is 3. The maximum absolute atomic E-state index is 13.0. The molecule has 0 radical (unpaired) electrons. The average Bonchev–Trinajstić information content (AvgIpc) is 2.11. The van der Waals surface area contributed by atoms with Gasteiger partial charge in [0.2, 0.25) is 0 Å². The Labute approximate surface area is 88.3 Å². The van der Waals surface area contributed by atoms with Gasteiger partial charge in [0.1, 0.15) is 5.82 Å². The molecule has 0 saturated heterocycles. The Hall–Kier alpha value is -0.940. The first-order valence-electron chi connectivity index (χ1n) is 3.85. The minimum atomic E-state index is -1.49. The summed E-state index contributed by atoms with van der Waals surface area (Å²) in [4.78, 5) is 10.3. The molecule has 0 aliphatic rings. The predicted octanol–water partition coefficient (Wildman–Crippen LogP) is 1.58. The highest BCUT2D eigenvalue weighted by atomic mass is 79.9. The van der Waals surface area contributed by atoms with Gasteiger partial charge in [0.25, 0.3) is 0 Å². The van der Waals surface area contributed by atoms with Crippen molar-refractivity contribution >= 4 is 21.9 Å². The van der Waals surface area contributed by atoms with E-state index < -0.39 is 17.9 Å². The van der Waals surface area contributed by atoms with Gasteiger partial charge in [0, 0.05) is 6.42 Å². The van der Waals surface area contributed by atoms with Crippen LogP contribution in [-0.4, -0.2) is 22.3 Å². The zero-order valence-electron chi connectivity index (χ0n) is 7.08. The Morgan fingerprint density at radius 1 is 1.57 bits per heavy atom. The number of carboxylic acid groups (broad SMARTS) is 1. The molecule has 0 heterocycles. The maximum Gasteiger partial charge on any atom is 0.332 e. The molecule has 2 N–H and O–H groups in total. The van der Waals surface area contributed by atoms with Gasteiger partial charge in [-0.1, -0.05) is 6.07 Å². The number of carbonyl (C=O) groups is 1. The van der Waals surface area contributed by atoms with Crippen LogP contribution in [0.3, 0.4) is 0 Å². The van der Waals surface area contributed by atoms with E-state index in [-0.39, 0.29) is 6.42 Å². The van der Waals surface area contributed by atoms with Crippen molar-refractivity contribution in [2.24, 2.45) is 0 Å². The molecule has 1 aromatic carbocycles. The van der Waals surface area contributed by atoms with Gasteiger partial charge in [0.05, 0.1) is 4.47 Å². The van der Waals surface area contributed by atoms with Crippen LogP contribution in [0.5, 0.6) is 0 Å². The van der Waals surface area contributed by atoms with E-state index in [1.54, 1.807) is 6.07 Å². The lowest BCUT2D eigenvalue weighted by molar-refractivity contribution is -0.146. The fourth-order valence-electron chi connectivity index (χ4n) is 0.977. The van der Waals surface area contributed by atoms with Gasteiger partial charge in [-0.2, -0.15) is 0 Å². The topological polar surface area (TPSA) is 57.5 Å². The molecule has 0 saturated carbocycles. The summed E-state index contributed by atoms with van der Waals surface area (Å²) in [6.45, 7) is 0. The van der Waals surface area contributed by atoms with E-state index in [0.717, 1.165) is 0 Å². The van der Waals surface area contributed by atoms with Gasteiger partial charge in [-0.05, 0) is 33.6 Å². The number of aliphatic hydroxyl groups excluding tert-OH is 1. The summed E-state index contributed by atoms with van der Waals surface area (Å²) >= 11 is 2.97. The monoisotopic (exact) mass is 262 g/mol. The highest BCUT2D eigenvalue weighted by Gasteiger charge is 2.14. The van der Waals surface area contributed by atoms with Crippen LogP contribution < -0.4 is 0 Å². The Bertz CT molecular complexity index is 354. The lowest BCUT2D eigenvalue weighted by Crippen LogP contribution is -2.21. The summed E-state index contributed by atoms with van der Waals surface area (Å²) in [6.07, 6.45) is -1.59. The lowest BCUT2D eigenvalue weighted by Gasteiger charge is -2.05. The third-order valence-electron chi connectivity index (χ3n) is 1.70. The predicted molar refractivity (Wildman–Crippen MR) is 51.4 cm³/mol. The molecule has 0 fully saturated rings. The van der Waals surface area contributed by atoms with Crippen molar-refractivity contribution in [3.05, 3.63) is 34.1 Å². The lowest BCUT2D eigenvalue weighted by atomic mass is 10.1. The number of carboxylic acids is 1. The molecule has 0 aromatic heterocycles. The molecule has 0 aliphatic heterocycles. The third-order valence-corrected chi connectivity index (χ3v) is 2.34. The number of benzene rings is 1. The summed E-state index contributed by atoms with van der Waals surface area (Å²) < 4.78 is 13.3. The molecule has 0 bridgehead atoms. The molecule has 3 nitrogen and oxygen atoms in total. The Morgan fingerprint density at radius 3 is 2.71 bits per heavy atom. The largest absolute Gasteiger partial charge is 0.479 e. The zero-order valence-corrected chi connectivity index (χ0v) is 8.66. The molecule has 1 unspecified atom stereocenters. The van der Waals surface area contributed by atoms with Crippen LogP contribution in [0, 0.1) is 5.82 Å². The summed E-state index contributed by atoms with van der Waals surface area (Å²) in [7, 11) is 0. The first kappa shape index (κ1) is 11.1. The van der Waals surface area contributed by atoms with Gasteiger partial charge in [-0.25, -0.2) is 9.18 Å². The minimum Gasteiger partial charge on any atom is -0.479 e. The SMILES string of the molecule is O=C(O)C(O)Cc1ccc(Br)c(F)c1. The van der Waals surface area contributed by atoms with Gasteiger partial charge in [0.15, 0.2) is 6.10 Å². The average molecular weight is 263 g/mol. The van der Waals surface area contributed by atoms with Crippen molar-refractivity contribution < 1.29 is 19.4 Å². The normalized spacial score (nSPS) is 12.5. The number of aliphatic carboxylic acids is 1. The second-order valence-corrected chi connectivity index (χ2v) is 3.66. The van der Waals surface area contributed by atoms with Crippen molar-refractivity contribution in [3.63, 3.8) is 0 Å². The van der Waals surface area contributed by atoms with Crippen LogP contribution in [0.2, 0.25) is 0 Å². The van der Waals surface area contributed by atoms with Gasteiger partial charge < -0.3 is 10.2 Å². The van der Waals surface area contributed by atoms with E-state index in [4.69, 9.17) is 10.2 Å². The summed E-state index contributed by atoms with van der Waals surface area (Å²) in [5.74, 6) is -1.78. The van der Waals surface area contributed by atoms with E-state index in [0.29, 0.717) is 10.0 Å². The first-order chi connectivity index (χ1) is 6.50. The number of hydrogen-bond donors (Lipinski definition) is 2. The maximum atomic E-state index is 13.0. The molecule has 0 aliphatic carbocycles. The smallest absolute Gasteiger partial charge is 0.332 e. The molecule has 1 atom stereocenters. The summed E-state index contributed by atoms with van der Waals surface area (Å²) in [6, 6.07) is 4.22. The minimum absolute atomic E-state index is 0.0977. The molecule has 1 rings (SSSR count). The first-order valence-corrected chi connectivity index (χ1v) is 4.65. The molecule has 14 heavy (non-hydrogen) atoms. The molecule has 1 aromatic rings. The second kappa shape index (κ2) is 4.52. The van der Waals surface area contributed by atoms with Crippen molar-refractivity contribution in [2.45, 2.75) is 12.5 Å². The summed E-state index contributed by atoms with van der Waals surface area (Å²) in [5, 5.41) is 17.4. The van der Waals surface area contributed by atoms with E-state index >= 15 is 0 Å². The Balaban J connectivity index is 2.78. The van der Waals surface area contributed by atoms with Crippen molar-refractivity contribution in [1.29, 1.82) is 0 Å². The highest BCUT2D eigenvalue weighted by molar-refractivity contribution is 9.10. The molecule has 76 valence electrons. The van der Waals surface area contributed by atoms with Crippen molar-refractivity contribution in [1.82, 2.24) is 0 Å². The second-order valence-electron chi connectivity index (χ2n) is 2.81.